The van der Waals surface area contributed by atoms with Crippen molar-refractivity contribution in [1.29, 1.82) is 0 Å². The summed E-state index contributed by atoms with van der Waals surface area (Å²) in [6, 6.07) is 6.84. The van der Waals surface area contributed by atoms with Crippen LogP contribution in [-0.2, 0) is 11.3 Å². The van der Waals surface area contributed by atoms with Gasteiger partial charge in [0.05, 0.1) is 22.4 Å². The van der Waals surface area contributed by atoms with Crippen molar-refractivity contribution in [3.8, 4) is 0 Å². The first-order valence-electron chi connectivity index (χ1n) is 6.22. The Bertz CT molecular complexity index is 922. The number of amides is 1. The van der Waals surface area contributed by atoms with Crippen molar-refractivity contribution in [2.45, 2.75) is 6.54 Å². The number of benzene rings is 1. The molecule has 2 aromatic heterocycles. The van der Waals surface area contributed by atoms with Gasteiger partial charge in [-0.2, -0.15) is 0 Å². The summed E-state index contributed by atoms with van der Waals surface area (Å²) in [5.41, 5.74) is 0.260. The molecular weight excluding hydrogens is 390 g/mol. The lowest BCUT2D eigenvalue weighted by Crippen LogP contribution is -2.27. The molecule has 0 aliphatic carbocycles. The normalized spacial score (nSPS) is 10.8. The van der Waals surface area contributed by atoms with E-state index in [1.165, 1.54) is 22.2 Å². The molecule has 112 valence electrons. The fraction of sp³-hybridized carbons (Fsp3) is 0.0714. The van der Waals surface area contributed by atoms with Crippen LogP contribution in [0.25, 0.3) is 10.2 Å². The molecule has 1 N–H and O–H groups in total. The van der Waals surface area contributed by atoms with Gasteiger partial charge in [0.2, 0.25) is 5.91 Å². The van der Waals surface area contributed by atoms with Gasteiger partial charge in [-0.1, -0.05) is 27.5 Å². The second kappa shape index (κ2) is 6.20. The van der Waals surface area contributed by atoms with Crippen LogP contribution in [0.4, 0.5) is 5.69 Å². The largest absolute Gasteiger partial charge is 0.323 e. The predicted molar refractivity (Wildman–Crippen MR) is 91.7 cm³/mol. The second-order valence-electron chi connectivity index (χ2n) is 4.49. The van der Waals surface area contributed by atoms with Crippen LogP contribution in [0.15, 0.2) is 45.2 Å². The second-order valence-corrected chi connectivity index (χ2v) is 6.71. The van der Waals surface area contributed by atoms with Gasteiger partial charge in [0.15, 0.2) is 0 Å². The van der Waals surface area contributed by atoms with E-state index in [-0.39, 0.29) is 18.0 Å². The molecule has 0 spiro atoms. The molecule has 0 unspecified atom stereocenters. The summed E-state index contributed by atoms with van der Waals surface area (Å²) in [6.07, 6.45) is 1.38. The lowest BCUT2D eigenvalue weighted by atomic mass is 10.3. The van der Waals surface area contributed by atoms with E-state index in [0.717, 1.165) is 4.47 Å². The van der Waals surface area contributed by atoms with Crippen LogP contribution in [0.1, 0.15) is 0 Å². The summed E-state index contributed by atoms with van der Waals surface area (Å²) in [5.74, 6) is -0.345. The maximum Gasteiger partial charge on any atom is 0.262 e. The molecule has 8 heteroatoms. The Hall–Kier alpha value is -1.70. The zero-order chi connectivity index (χ0) is 15.7. The first-order valence-corrected chi connectivity index (χ1v) is 8.27. The van der Waals surface area contributed by atoms with Gasteiger partial charge in [0.25, 0.3) is 5.56 Å². The number of carbonyl (C=O) groups excluding carboxylic acids is 1. The Morgan fingerprint density at radius 2 is 2.23 bits per heavy atom. The molecule has 0 atom stereocenters. The summed E-state index contributed by atoms with van der Waals surface area (Å²) in [7, 11) is 0. The third-order valence-corrected chi connectivity index (χ3v) is 4.60. The summed E-state index contributed by atoms with van der Waals surface area (Å²) < 4.78 is 2.09. The maximum atomic E-state index is 12.2. The minimum Gasteiger partial charge on any atom is -0.323 e. The van der Waals surface area contributed by atoms with Gasteiger partial charge in [-0.05, 0) is 29.6 Å². The number of hydrogen-bond acceptors (Lipinski definition) is 4. The zero-order valence-corrected chi connectivity index (χ0v) is 14.2. The van der Waals surface area contributed by atoms with Gasteiger partial charge < -0.3 is 5.32 Å². The monoisotopic (exact) mass is 397 g/mol. The van der Waals surface area contributed by atoms with Gasteiger partial charge in [-0.25, -0.2) is 4.98 Å². The minimum absolute atomic E-state index is 0.121. The van der Waals surface area contributed by atoms with E-state index in [0.29, 0.717) is 20.9 Å². The first-order chi connectivity index (χ1) is 10.5. The van der Waals surface area contributed by atoms with E-state index >= 15 is 0 Å². The van der Waals surface area contributed by atoms with Crippen LogP contribution in [0.3, 0.4) is 0 Å². The fourth-order valence-corrected chi connectivity index (χ4v) is 3.39. The highest BCUT2D eigenvalue weighted by Gasteiger charge is 2.10. The highest BCUT2D eigenvalue weighted by atomic mass is 79.9. The molecule has 0 aliphatic rings. The van der Waals surface area contributed by atoms with Crippen molar-refractivity contribution in [2.75, 3.05) is 5.32 Å². The van der Waals surface area contributed by atoms with E-state index in [1.807, 2.05) is 0 Å². The zero-order valence-electron chi connectivity index (χ0n) is 11.0. The summed E-state index contributed by atoms with van der Waals surface area (Å²) in [6.45, 7) is -0.121. The average molecular weight is 399 g/mol. The Morgan fingerprint density at radius 1 is 1.41 bits per heavy atom. The van der Waals surface area contributed by atoms with Crippen molar-refractivity contribution in [1.82, 2.24) is 9.55 Å². The van der Waals surface area contributed by atoms with Crippen LogP contribution < -0.4 is 10.9 Å². The van der Waals surface area contributed by atoms with Gasteiger partial charge in [0.1, 0.15) is 11.4 Å². The number of nitrogens with one attached hydrogen (secondary N) is 1. The topological polar surface area (TPSA) is 64.0 Å². The lowest BCUT2D eigenvalue weighted by molar-refractivity contribution is -0.116. The van der Waals surface area contributed by atoms with Crippen molar-refractivity contribution < 1.29 is 4.79 Å². The SMILES string of the molecule is O=C(Cn1cnc2sccc2c1=O)Nc1ccc(Br)cc1Cl. The highest BCUT2D eigenvalue weighted by molar-refractivity contribution is 9.10. The molecule has 0 fully saturated rings. The average Bonchev–Trinajstić information content (AvgIpc) is 2.94. The minimum atomic E-state index is -0.345. The molecule has 1 amide bonds. The molecule has 3 aromatic rings. The molecule has 0 saturated carbocycles. The van der Waals surface area contributed by atoms with Gasteiger partial charge in [-0.3, -0.25) is 14.2 Å². The van der Waals surface area contributed by atoms with Crippen LogP contribution >= 0.6 is 38.9 Å². The molecule has 0 radical (unpaired) electrons. The van der Waals surface area contributed by atoms with Gasteiger partial charge in [0, 0.05) is 4.47 Å². The third-order valence-electron chi connectivity index (χ3n) is 2.97. The molecule has 0 aliphatic heterocycles. The summed E-state index contributed by atoms with van der Waals surface area (Å²) in [5, 5.41) is 5.41. The number of aromatic nitrogens is 2. The number of carbonyl (C=O) groups is 1. The van der Waals surface area contributed by atoms with E-state index in [9.17, 15) is 9.59 Å². The summed E-state index contributed by atoms with van der Waals surface area (Å²) >= 11 is 10.7. The van der Waals surface area contributed by atoms with Crippen LogP contribution in [0.5, 0.6) is 0 Å². The molecule has 1 aromatic carbocycles. The van der Waals surface area contributed by atoms with Crippen LogP contribution in [-0.4, -0.2) is 15.5 Å². The summed E-state index contributed by atoms with van der Waals surface area (Å²) in [4.78, 5) is 29.1. The number of fused-ring (bicyclic) bond motifs is 1. The van der Waals surface area contributed by atoms with E-state index in [2.05, 4.69) is 26.2 Å². The fourth-order valence-electron chi connectivity index (χ4n) is 1.94. The van der Waals surface area contributed by atoms with Crippen LogP contribution in [0.2, 0.25) is 5.02 Å². The van der Waals surface area contributed by atoms with E-state index in [4.69, 9.17) is 11.6 Å². The van der Waals surface area contributed by atoms with E-state index < -0.39 is 0 Å². The number of rotatable bonds is 3. The van der Waals surface area contributed by atoms with Crippen molar-refractivity contribution in [2.24, 2.45) is 0 Å². The van der Waals surface area contributed by atoms with Crippen molar-refractivity contribution in [3.05, 3.63) is 55.8 Å². The van der Waals surface area contributed by atoms with Crippen molar-refractivity contribution in [3.63, 3.8) is 0 Å². The Morgan fingerprint density at radius 3 is 3.00 bits per heavy atom. The van der Waals surface area contributed by atoms with Gasteiger partial charge in [-0.15, -0.1) is 11.3 Å². The molecule has 22 heavy (non-hydrogen) atoms. The Labute approximate surface area is 142 Å². The first kappa shape index (κ1) is 15.2. The molecule has 0 saturated heterocycles. The third kappa shape index (κ3) is 3.06. The predicted octanol–water partition coefficient (Wildman–Crippen LogP) is 3.51. The maximum absolute atomic E-state index is 12.2. The van der Waals surface area contributed by atoms with Crippen LogP contribution in [0, 0.1) is 0 Å². The number of halogens is 2. The number of thiophene rings is 1. The molecule has 5 nitrogen and oxygen atoms in total. The standard InChI is InChI=1S/C14H9BrClN3O2S/c15-8-1-2-11(10(16)5-8)18-12(20)6-19-7-17-13-9(14(19)21)3-4-22-13/h1-5,7H,6H2,(H,18,20). The molecule has 2 heterocycles. The molecule has 0 bridgehead atoms. The number of hydrogen-bond donors (Lipinski definition) is 1. The van der Waals surface area contributed by atoms with E-state index in [1.54, 1.807) is 29.6 Å². The van der Waals surface area contributed by atoms with Crippen molar-refractivity contribution >= 4 is 60.7 Å². The Kier molecular flexibility index (Phi) is 4.28. The van der Waals surface area contributed by atoms with Gasteiger partial charge >= 0.3 is 0 Å². The number of anilines is 1. The Balaban J connectivity index is 1.81. The highest BCUT2D eigenvalue weighted by Crippen LogP contribution is 2.25. The number of nitrogens with zero attached hydrogens (tertiary/aromatic N) is 2. The lowest BCUT2D eigenvalue weighted by Gasteiger charge is -2.09. The molecule has 3 rings (SSSR count). The molecular formula is C14H9BrClN3O2S. The quantitative estimate of drug-likeness (QED) is 0.734. The smallest absolute Gasteiger partial charge is 0.262 e.